The highest BCUT2D eigenvalue weighted by atomic mass is 35.5. The molecule has 6 heteroatoms. The van der Waals surface area contributed by atoms with Crippen molar-refractivity contribution >= 4 is 17.5 Å². The van der Waals surface area contributed by atoms with E-state index in [9.17, 15) is 9.59 Å². The summed E-state index contributed by atoms with van der Waals surface area (Å²) in [4.78, 5) is 32.4. The minimum absolute atomic E-state index is 0.00994. The van der Waals surface area contributed by atoms with Crippen LogP contribution in [0.1, 0.15) is 48.1 Å². The fraction of sp³-hybridized carbons (Fsp3) is 0.353. The number of nitrogens with one attached hydrogen (secondary N) is 1. The third-order valence-electron chi connectivity index (χ3n) is 3.79. The van der Waals surface area contributed by atoms with Crippen LogP contribution in [0.5, 0.6) is 0 Å². The molecule has 1 amide bonds. The Labute approximate surface area is 140 Å². The standard InChI is InChI=1S/C17H20ClN3O2/c1-3-4-7-15(12-6-5-8-19-10-12)21(2)17(23)13-9-14(18)16(22)20-11-13/h5-6,8-11,15H,3-4,7H2,1-2H3,(H,20,22). The maximum atomic E-state index is 12.7. The lowest BCUT2D eigenvalue weighted by Crippen LogP contribution is -2.32. The first kappa shape index (κ1) is 17.2. The van der Waals surface area contributed by atoms with E-state index in [-0.39, 0.29) is 17.0 Å². The van der Waals surface area contributed by atoms with Crippen LogP contribution in [0.3, 0.4) is 0 Å². The first-order valence-electron chi connectivity index (χ1n) is 7.60. The quantitative estimate of drug-likeness (QED) is 0.880. The molecule has 5 nitrogen and oxygen atoms in total. The van der Waals surface area contributed by atoms with Gasteiger partial charge in [-0.25, -0.2) is 0 Å². The molecule has 2 heterocycles. The molecule has 1 N–H and O–H groups in total. The van der Waals surface area contributed by atoms with Crippen LogP contribution in [0.25, 0.3) is 0 Å². The molecule has 0 bridgehead atoms. The maximum absolute atomic E-state index is 12.7. The second kappa shape index (κ2) is 7.92. The first-order chi connectivity index (χ1) is 11.0. The van der Waals surface area contributed by atoms with E-state index in [1.807, 2.05) is 12.1 Å². The lowest BCUT2D eigenvalue weighted by atomic mass is 10.0. The summed E-state index contributed by atoms with van der Waals surface area (Å²) in [6, 6.07) is 5.17. The second-order valence-electron chi connectivity index (χ2n) is 5.43. The fourth-order valence-corrected chi connectivity index (χ4v) is 2.65. The fourth-order valence-electron chi connectivity index (χ4n) is 2.48. The third kappa shape index (κ3) is 4.20. The minimum atomic E-state index is -0.402. The number of halogens is 1. The number of hydrogen-bond donors (Lipinski definition) is 1. The number of pyridine rings is 2. The lowest BCUT2D eigenvalue weighted by Gasteiger charge is -2.28. The van der Waals surface area contributed by atoms with Crippen molar-refractivity contribution in [2.45, 2.75) is 32.2 Å². The molecule has 0 aliphatic heterocycles. The van der Waals surface area contributed by atoms with Crippen molar-refractivity contribution in [2.24, 2.45) is 0 Å². The van der Waals surface area contributed by atoms with E-state index in [0.29, 0.717) is 5.56 Å². The van der Waals surface area contributed by atoms with Gasteiger partial charge in [0.05, 0.1) is 11.6 Å². The van der Waals surface area contributed by atoms with E-state index >= 15 is 0 Å². The third-order valence-corrected chi connectivity index (χ3v) is 4.07. The summed E-state index contributed by atoms with van der Waals surface area (Å²) in [5.74, 6) is -0.187. The van der Waals surface area contributed by atoms with Gasteiger partial charge in [0, 0.05) is 25.6 Å². The van der Waals surface area contributed by atoms with Gasteiger partial charge < -0.3 is 9.88 Å². The van der Waals surface area contributed by atoms with Crippen LogP contribution in [-0.4, -0.2) is 27.8 Å². The molecule has 0 fully saturated rings. The zero-order valence-electron chi connectivity index (χ0n) is 13.3. The van der Waals surface area contributed by atoms with E-state index in [2.05, 4.69) is 16.9 Å². The number of nitrogens with zero attached hydrogens (tertiary/aromatic N) is 2. The number of aromatic amines is 1. The van der Waals surface area contributed by atoms with Crippen molar-refractivity contribution in [3.8, 4) is 0 Å². The van der Waals surface area contributed by atoms with Gasteiger partial charge in [-0.1, -0.05) is 37.4 Å². The lowest BCUT2D eigenvalue weighted by molar-refractivity contribution is 0.0719. The Morgan fingerprint density at radius 3 is 2.87 bits per heavy atom. The molecule has 2 aromatic rings. The predicted molar refractivity (Wildman–Crippen MR) is 90.7 cm³/mol. The molecule has 1 atom stereocenters. The van der Waals surface area contributed by atoms with Gasteiger partial charge in [-0.05, 0) is 24.1 Å². The number of carbonyl (C=O) groups excluding carboxylic acids is 1. The summed E-state index contributed by atoms with van der Waals surface area (Å²) >= 11 is 5.82. The summed E-state index contributed by atoms with van der Waals surface area (Å²) < 4.78 is 0. The van der Waals surface area contributed by atoms with Gasteiger partial charge in [-0.15, -0.1) is 0 Å². The van der Waals surface area contributed by atoms with Crippen LogP contribution in [0.4, 0.5) is 0 Å². The topological polar surface area (TPSA) is 66.1 Å². The van der Waals surface area contributed by atoms with Gasteiger partial charge in [0.15, 0.2) is 0 Å². The molecule has 122 valence electrons. The summed E-state index contributed by atoms with van der Waals surface area (Å²) in [5.41, 5.74) is 0.954. The molecule has 0 aromatic carbocycles. The van der Waals surface area contributed by atoms with Gasteiger partial charge in [0.25, 0.3) is 11.5 Å². The number of H-pyrrole nitrogens is 1. The summed E-state index contributed by atoms with van der Waals surface area (Å²) in [6.07, 6.45) is 7.79. The van der Waals surface area contributed by atoms with Crippen LogP contribution in [0.2, 0.25) is 5.02 Å². The molecule has 0 saturated carbocycles. The van der Waals surface area contributed by atoms with Crippen molar-refractivity contribution in [1.29, 1.82) is 0 Å². The van der Waals surface area contributed by atoms with Gasteiger partial charge in [0.1, 0.15) is 5.02 Å². The van der Waals surface area contributed by atoms with Crippen LogP contribution < -0.4 is 5.56 Å². The average Bonchev–Trinajstić information content (AvgIpc) is 2.58. The Bertz CT molecular complexity index is 715. The molecule has 0 aliphatic rings. The highest BCUT2D eigenvalue weighted by molar-refractivity contribution is 6.30. The highest BCUT2D eigenvalue weighted by Crippen LogP contribution is 2.26. The smallest absolute Gasteiger partial charge is 0.266 e. The number of hydrogen-bond acceptors (Lipinski definition) is 3. The summed E-state index contributed by atoms with van der Waals surface area (Å²) in [6.45, 7) is 2.11. The van der Waals surface area contributed by atoms with E-state index in [0.717, 1.165) is 24.8 Å². The van der Waals surface area contributed by atoms with Crippen LogP contribution in [0, 0.1) is 0 Å². The van der Waals surface area contributed by atoms with Crippen molar-refractivity contribution in [3.05, 3.63) is 63.3 Å². The second-order valence-corrected chi connectivity index (χ2v) is 5.83. The Hall–Kier alpha value is -2.14. The molecule has 1 unspecified atom stereocenters. The van der Waals surface area contributed by atoms with Crippen molar-refractivity contribution < 1.29 is 4.79 Å². The predicted octanol–water partition coefficient (Wildman–Crippen LogP) is 3.43. The van der Waals surface area contributed by atoms with Crippen molar-refractivity contribution in [2.75, 3.05) is 7.05 Å². The number of amides is 1. The number of carbonyl (C=O) groups is 1. The van der Waals surface area contributed by atoms with Crippen LogP contribution in [0.15, 0.2) is 41.6 Å². The van der Waals surface area contributed by atoms with Crippen LogP contribution in [-0.2, 0) is 0 Å². The highest BCUT2D eigenvalue weighted by Gasteiger charge is 2.23. The van der Waals surface area contributed by atoms with Gasteiger partial charge in [-0.3, -0.25) is 14.6 Å². The molecule has 2 rings (SSSR count). The summed E-state index contributed by atoms with van der Waals surface area (Å²) in [7, 11) is 1.76. The van der Waals surface area contributed by atoms with E-state index in [1.54, 1.807) is 24.3 Å². The first-order valence-corrected chi connectivity index (χ1v) is 7.97. The normalized spacial score (nSPS) is 12.0. The SMILES string of the molecule is CCCCC(c1cccnc1)N(C)C(=O)c1c[nH]c(=O)c(Cl)c1. The number of aromatic nitrogens is 2. The zero-order valence-corrected chi connectivity index (χ0v) is 14.0. The number of unbranched alkanes of at least 4 members (excludes halogenated alkanes) is 1. The van der Waals surface area contributed by atoms with E-state index < -0.39 is 5.56 Å². The van der Waals surface area contributed by atoms with E-state index in [1.165, 1.54) is 12.3 Å². The molecular formula is C17H20ClN3O2. The zero-order chi connectivity index (χ0) is 16.8. The largest absolute Gasteiger partial charge is 0.335 e. The van der Waals surface area contributed by atoms with Gasteiger partial charge in [-0.2, -0.15) is 0 Å². The Morgan fingerprint density at radius 2 is 2.26 bits per heavy atom. The molecule has 0 radical (unpaired) electrons. The van der Waals surface area contributed by atoms with Gasteiger partial charge in [0.2, 0.25) is 0 Å². The molecule has 0 saturated heterocycles. The molecular weight excluding hydrogens is 314 g/mol. The Balaban J connectivity index is 2.28. The molecule has 23 heavy (non-hydrogen) atoms. The van der Waals surface area contributed by atoms with Crippen molar-refractivity contribution in [1.82, 2.24) is 14.9 Å². The average molecular weight is 334 g/mol. The van der Waals surface area contributed by atoms with E-state index in [4.69, 9.17) is 11.6 Å². The van der Waals surface area contributed by atoms with Gasteiger partial charge >= 0.3 is 0 Å². The van der Waals surface area contributed by atoms with Crippen molar-refractivity contribution in [3.63, 3.8) is 0 Å². The summed E-state index contributed by atoms with van der Waals surface area (Å²) in [5, 5.41) is 0.00994. The monoisotopic (exact) mass is 333 g/mol. The Kier molecular flexibility index (Phi) is 5.93. The van der Waals surface area contributed by atoms with Crippen LogP contribution >= 0.6 is 11.6 Å². The molecule has 0 spiro atoms. The minimum Gasteiger partial charge on any atom is -0.335 e. The Morgan fingerprint density at radius 1 is 1.48 bits per heavy atom. The molecule has 2 aromatic heterocycles. The maximum Gasteiger partial charge on any atom is 0.266 e. The molecule has 0 aliphatic carbocycles. The number of rotatable bonds is 6.